The number of carbonyl (C=O) groups is 1. The van der Waals surface area contributed by atoms with Crippen molar-refractivity contribution in [3.05, 3.63) is 48.0 Å². The molecule has 1 aliphatic rings. The van der Waals surface area contributed by atoms with E-state index in [1.807, 2.05) is 6.92 Å². The minimum absolute atomic E-state index is 0.242. The van der Waals surface area contributed by atoms with E-state index in [1.165, 1.54) is 16.3 Å². The molecule has 1 aliphatic carbocycles. The van der Waals surface area contributed by atoms with E-state index in [-0.39, 0.29) is 5.92 Å². The van der Waals surface area contributed by atoms with Gasteiger partial charge in [0.25, 0.3) is 0 Å². The molecule has 2 atom stereocenters. The van der Waals surface area contributed by atoms with Crippen LogP contribution >= 0.6 is 0 Å². The minimum Gasteiger partial charge on any atom is -0.299 e. The van der Waals surface area contributed by atoms with Crippen LogP contribution in [-0.4, -0.2) is 5.78 Å². The molecule has 17 heavy (non-hydrogen) atoms. The van der Waals surface area contributed by atoms with Gasteiger partial charge in [-0.05, 0) is 28.7 Å². The highest BCUT2D eigenvalue weighted by molar-refractivity contribution is 5.86. The van der Waals surface area contributed by atoms with Crippen LogP contribution in [-0.2, 0) is 4.79 Å². The second-order valence-corrected chi connectivity index (χ2v) is 5.11. The van der Waals surface area contributed by atoms with Gasteiger partial charge in [0.1, 0.15) is 5.78 Å². The maximum absolute atomic E-state index is 11.6. The third kappa shape index (κ3) is 1.86. The van der Waals surface area contributed by atoms with E-state index in [0.29, 0.717) is 11.7 Å². The fourth-order valence-electron chi connectivity index (χ4n) is 2.80. The molecule has 1 nitrogen and oxygen atoms in total. The Balaban J connectivity index is 1.99. The molecule has 0 unspecified atom stereocenters. The Hall–Kier alpha value is -1.63. The van der Waals surface area contributed by atoms with Crippen LogP contribution in [0.25, 0.3) is 10.8 Å². The lowest BCUT2D eigenvalue weighted by atomic mass is 9.94. The molecule has 0 bridgehead atoms. The number of hydrogen-bond acceptors (Lipinski definition) is 1. The van der Waals surface area contributed by atoms with Crippen molar-refractivity contribution >= 4 is 16.6 Å². The van der Waals surface area contributed by atoms with Crippen molar-refractivity contribution in [2.75, 3.05) is 0 Å². The van der Waals surface area contributed by atoms with Gasteiger partial charge in [0.2, 0.25) is 0 Å². The molecule has 1 heteroatoms. The molecule has 0 saturated heterocycles. The Morgan fingerprint density at radius 3 is 2.53 bits per heavy atom. The Morgan fingerprint density at radius 2 is 1.82 bits per heavy atom. The van der Waals surface area contributed by atoms with Gasteiger partial charge in [0, 0.05) is 12.3 Å². The predicted molar refractivity (Wildman–Crippen MR) is 70.1 cm³/mol. The van der Waals surface area contributed by atoms with E-state index in [2.05, 4.69) is 42.5 Å². The summed E-state index contributed by atoms with van der Waals surface area (Å²) in [6.07, 6.45) is 1.73. The van der Waals surface area contributed by atoms with E-state index < -0.39 is 0 Å². The largest absolute Gasteiger partial charge is 0.299 e. The molecule has 3 rings (SSSR count). The smallest absolute Gasteiger partial charge is 0.136 e. The molecule has 0 spiro atoms. The summed E-state index contributed by atoms with van der Waals surface area (Å²) in [6, 6.07) is 15.0. The van der Waals surface area contributed by atoms with E-state index in [0.717, 1.165) is 12.8 Å². The Labute approximate surface area is 101 Å². The van der Waals surface area contributed by atoms with Crippen LogP contribution in [0, 0.1) is 5.92 Å². The highest BCUT2D eigenvalue weighted by atomic mass is 16.1. The number of benzene rings is 2. The summed E-state index contributed by atoms with van der Waals surface area (Å²) < 4.78 is 0. The monoisotopic (exact) mass is 224 g/mol. The average Bonchev–Trinajstić information content (AvgIpc) is 2.69. The topological polar surface area (TPSA) is 17.1 Å². The van der Waals surface area contributed by atoms with Gasteiger partial charge in [-0.3, -0.25) is 4.79 Å². The lowest BCUT2D eigenvalue weighted by Crippen LogP contribution is -1.98. The van der Waals surface area contributed by atoms with Crippen LogP contribution in [0.2, 0.25) is 0 Å². The maximum atomic E-state index is 11.6. The van der Waals surface area contributed by atoms with Crippen LogP contribution in [0.3, 0.4) is 0 Å². The zero-order valence-electron chi connectivity index (χ0n) is 10.0. The van der Waals surface area contributed by atoms with Crippen molar-refractivity contribution < 1.29 is 4.79 Å². The van der Waals surface area contributed by atoms with Crippen LogP contribution in [0.15, 0.2) is 42.5 Å². The van der Waals surface area contributed by atoms with Crippen molar-refractivity contribution in [2.45, 2.75) is 25.7 Å². The van der Waals surface area contributed by atoms with Gasteiger partial charge < -0.3 is 0 Å². The third-order valence-corrected chi connectivity index (χ3v) is 3.88. The lowest BCUT2D eigenvalue weighted by Gasteiger charge is -2.10. The zero-order valence-corrected chi connectivity index (χ0v) is 10.0. The van der Waals surface area contributed by atoms with Crippen molar-refractivity contribution in [1.82, 2.24) is 0 Å². The first-order valence-electron chi connectivity index (χ1n) is 6.25. The fraction of sp³-hybridized carbons (Fsp3) is 0.312. The molecule has 2 aromatic carbocycles. The summed E-state index contributed by atoms with van der Waals surface area (Å²) in [5, 5.41) is 2.55. The normalized spacial score (nSPS) is 24.4. The zero-order chi connectivity index (χ0) is 11.8. The van der Waals surface area contributed by atoms with Gasteiger partial charge >= 0.3 is 0 Å². The third-order valence-electron chi connectivity index (χ3n) is 3.88. The maximum Gasteiger partial charge on any atom is 0.136 e. The summed E-state index contributed by atoms with van der Waals surface area (Å²) in [5.41, 5.74) is 1.32. The Kier molecular flexibility index (Phi) is 2.47. The summed E-state index contributed by atoms with van der Waals surface area (Å²) >= 11 is 0. The Bertz CT molecular complexity index is 571. The second kappa shape index (κ2) is 3.99. The average molecular weight is 224 g/mol. The molecule has 0 radical (unpaired) electrons. The van der Waals surface area contributed by atoms with Gasteiger partial charge in [0.15, 0.2) is 0 Å². The first kappa shape index (κ1) is 10.5. The summed E-state index contributed by atoms with van der Waals surface area (Å²) in [6.45, 7) is 2.05. The molecule has 2 aromatic rings. The summed E-state index contributed by atoms with van der Waals surface area (Å²) in [4.78, 5) is 11.6. The molecule has 0 heterocycles. The van der Waals surface area contributed by atoms with E-state index in [9.17, 15) is 4.79 Å². The fourth-order valence-corrected chi connectivity index (χ4v) is 2.80. The molecule has 0 aromatic heterocycles. The number of rotatable bonds is 1. The lowest BCUT2D eigenvalue weighted by molar-refractivity contribution is -0.120. The van der Waals surface area contributed by atoms with Gasteiger partial charge in [-0.1, -0.05) is 49.4 Å². The highest BCUT2D eigenvalue weighted by Gasteiger charge is 2.29. The van der Waals surface area contributed by atoms with Crippen molar-refractivity contribution in [3.63, 3.8) is 0 Å². The standard InChI is InChI=1S/C16H16O/c1-11-8-15(10-16(11)17)14-7-6-12-4-2-3-5-13(12)9-14/h2-7,9,11,15H,8,10H2,1H3/t11-,15-/m1/s1. The molecule has 1 fully saturated rings. The van der Waals surface area contributed by atoms with Crippen molar-refractivity contribution in [3.8, 4) is 0 Å². The quantitative estimate of drug-likeness (QED) is 0.717. The first-order chi connectivity index (χ1) is 8.24. The minimum atomic E-state index is 0.242. The highest BCUT2D eigenvalue weighted by Crippen LogP contribution is 2.36. The summed E-state index contributed by atoms with van der Waals surface area (Å²) in [7, 11) is 0. The predicted octanol–water partition coefficient (Wildman–Crippen LogP) is 3.92. The van der Waals surface area contributed by atoms with Gasteiger partial charge in [-0.2, -0.15) is 0 Å². The Morgan fingerprint density at radius 1 is 1.06 bits per heavy atom. The van der Waals surface area contributed by atoms with Crippen LogP contribution in [0.1, 0.15) is 31.2 Å². The van der Waals surface area contributed by atoms with Crippen molar-refractivity contribution in [2.24, 2.45) is 5.92 Å². The van der Waals surface area contributed by atoms with Gasteiger partial charge in [0.05, 0.1) is 0 Å². The van der Waals surface area contributed by atoms with Crippen LogP contribution < -0.4 is 0 Å². The second-order valence-electron chi connectivity index (χ2n) is 5.11. The van der Waals surface area contributed by atoms with Crippen LogP contribution in [0.5, 0.6) is 0 Å². The molecule has 1 saturated carbocycles. The van der Waals surface area contributed by atoms with Crippen LogP contribution in [0.4, 0.5) is 0 Å². The number of carbonyl (C=O) groups excluding carboxylic acids is 1. The number of hydrogen-bond donors (Lipinski definition) is 0. The first-order valence-corrected chi connectivity index (χ1v) is 6.25. The molecule has 0 aliphatic heterocycles. The van der Waals surface area contributed by atoms with Gasteiger partial charge in [-0.15, -0.1) is 0 Å². The van der Waals surface area contributed by atoms with Crippen molar-refractivity contribution in [1.29, 1.82) is 0 Å². The van der Waals surface area contributed by atoms with E-state index in [1.54, 1.807) is 0 Å². The number of Topliss-reactive ketones (excluding diaryl/α,β-unsaturated/α-hetero) is 1. The van der Waals surface area contributed by atoms with Gasteiger partial charge in [-0.25, -0.2) is 0 Å². The number of fused-ring (bicyclic) bond motifs is 1. The van der Waals surface area contributed by atoms with E-state index in [4.69, 9.17) is 0 Å². The SMILES string of the molecule is C[C@@H]1C[C@@H](c2ccc3ccccc3c2)CC1=O. The summed E-state index contributed by atoms with van der Waals surface area (Å²) in [5.74, 6) is 1.09. The molecule has 86 valence electrons. The number of ketones is 1. The van der Waals surface area contributed by atoms with E-state index >= 15 is 0 Å². The molecule has 0 amide bonds. The molecule has 0 N–H and O–H groups in total. The molecular weight excluding hydrogens is 208 g/mol. The molecular formula is C16H16O.